The molecule has 164 valence electrons. The number of carbonyl (C=O) groups is 1. The highest BCUT2D eigenvalue weighted by Crippen LogP contribution is 2.25. The van der Waals surface area contributed by atoms with Crippen LogP contribution < -0.4 is 21.7 Å². The largest absolute Gasteiger partial charge is 0.383 e. The molecule has 7 nitrogen and oxygen atoms in total. The molecule has 0 saturated carbocycles. The van der Waals surface area contributed by atoms with Crippen molar-refractivity contribution < 1.29 is 9.18 Å². The number of carbonyl (C=O) groups excluding carboxylic acids is 1. The van der Waals surface area contributed by atoms with Crippen molar-refractivity contribution in [3.8, 4) is 0 Å². The highest BCUT2D eigenvalue weighted by atomic mass is 35.5. The number of nitrogens with one attached hydrogen (secondary N) is 3. The zero-order chi connectivity index (χ0) is 21.7. The van der Waals surface area contributed by atoms with E-state index in [4.69, 9.17) is 17.3 Å². The molecule has 0 aliphatic carbocycles. The number of allylic oxidation sites excluding steroid dienone is 2. The number of likely N-dealkylation sites (tertiary alicyclic amines) is 1. The number of fused-ring (bicyclic) bond motifs is 1. The van der Waals surface area contributed by atoms with Gasteiger partial charge in [-0.3, -0.25) is 10.1 Å². The van der Waals surface area contributed by atoms with E-state index in [0.29, 0.717) is 25.1 Å². The number of nitrogens with two attached hydrogens (primary N) is 1. The summed E-state index contributed by atoms with van der Waals surface area (Å²) in [7, 11) is 0. The van der Waals surface area contributed by atoms with E-state index in [1.807, 2.05) is 17.9 Å². The van der Waals surface area contributed by atoms with Gasteiger partial charge in [0.2, 0.25) is 5.91 Å². The van der Waals surface area contributed by atoms with Gasteiger partial charge in [-0.1, -0.05) is 19.6 Å². The number of hydrogen-bond donors (Lipinski definition) is 4. The van der Waals surface area contributed by atoms with Crippen LogP contribution in [0.1, 0.15) is 32.6 Å². The van der Waals surface area contributed by atoms with Crippen molar-refractivity contribution in [1.82, 2.24) is 20.9 Å². The highest BCUT2D eigenvalue weighted by Gasteiger charge is 2.30. The molecule has 0 aromatic carbocycles. The van der Waals surface area contributed by atoms with Crippen LogP contribution in [0.2, 0.25) is 0 Å². The molecular weight excluding hydrogens is 407 g/mol. The number of nitrogens with zero attached hydrogens (tertiary/aromatic N) is 2. The standard InChI is InChI=1S/C21H30ClFN6O/c1-3-17(23)21(26-11-14-7-5-6-8-29(14)18(30)4-2)28-19(24)16-12-27-20-15(16)9-13(22)10-25-20/h3,9,12-14,20,25-27H,1,4-8,10-11H2,2H3,(H2,24,28)/b21-17+/t13?,14-,20?/m1/s1. The Labute approximate surface area is 182 Å². The molecule has 30 heavy (non-hydrogen) atoms. The number of amidine groups is 1. The predicted molar refractivity (Wildman–Crippen MR) is 118 cm³/mol. The normalized spacial score (nSPS) is 27.4. The van der Waals surface area contributed by atoms with Gasteiger partial charge in [0.25, 0.3) is 0 Å². The fourth-order valence-electron chi connectivity index (χ4n) is 3.97. The summed E-state index contributed by atoms with van der Waals surface area (Å²) >= 11 is 6.22. The Hall–Kier alpha value is -2.32. The molecule has 1 amide bonds. The zero-order valence-corrected chi connectivity index (χ0v) is 18.0. The number of amides is 1. The third-order valence-electron chi connectivity index (χ3n) is 5.56. The molecular formula is C21H30ClFN6O. The van der Waals surface area contributed by atoms with E-state index in [1.54, 1.807) is 6.20 Å². The first-order chi connectivity index (χ1) is 14.4. The fourth-order valence-corrected chi connectivity index (χ4v) is 4.19. The molecule has 3 atom stereocenters. The molecule has 2 unspecified atom stereocenters. The van der Waals surface area contributed by atoms with Crippen LogP contribution in [0.15, 0.2) is 52.7 Å². The topological polar surface area (TPSA) is 94.8 Å². The summed E-state index contributed by atoms with van der Waals surface area (Å²) in [5, 5.41) is 9.34. The molecule has 3 aliphatic rings. The lowest BCUT2D eigenvalue weighted by atomic mass is 10.0. The molecule has 3 heterocycles. The first-order valence-electron chi connectivity index (χ1n) is 10.4. The zero-order valence-electron chi connectivity index (χ0n) is 17.3. The Morgan fingerprint density at radius 1 is 1.53 bits per heavy atom. The molecule has 1 saturated heterocycles. The fraction of sp³-hybridized carbons (Fsp3) is 0.524. The molecule has 0 aromatic heterocycles. The lowest BCUT2D eigenvalue weighted by Gasteiger charge is -2.36. The van der Waals surface area contributed by atoms with Crippen LogP contribution >= 0.6 is 11.6 Å². The van der Waals surface area contributed by atoms with E-state index in [0.717, 1.165) is 37.5 Å². The minimum absolute atomic E-state index is 0.00533. The molecule has 3 aliphatic heterocycles. The average molecular weight is 437 g/mol. The lowest BCUT2D eigenvalue weighted by molar-refractivity contribution is -0.134. The SMILES string of the molecule is C=C/C(F)=C(\N=C(/N)C1=CNC2NCC(Cl)C=C12)NC[C@H]1CCCCN1C(=O)CC. The number of hydrogen-bond acceptors (Lipinski definition) is 5. The molecule has 5 N–H and O–H groups in total. The summed E-state index contributed by atoms with van der Waals surface area (Å²) in [6.45, 7) is 7.12. The van der Waals surface area contributed by atoms with Gasteiger partial charge in [-0.15, -0.1) is 11.6 Å². The van der Waals surface area contributed by atoms with Crippen molar-refractivity contribution in [3.05, 3.63) is 47.7 Å². The Morgan fingerprint density at radius 2 is 2.33 bits per heavy atom. The molecule has 3 rings (SSSR count). The van der Waals surface area contributed by atoms with Crippen LogP contribution in [0.3, 0.4) is 0 Å². The van der Waals surface area contributed by atoms with Gasteiger partial charge in [-0.2, -0.15) is 0 Å². The number of piperidine rings is 1. The molecule has 0 spiro atoms. The summed E-state index contributed by atoms with van der Waals surface area (Å²) in [5.74, 6) is -0.308. The number of alkyl halides is 1. The third-order valence-corrected chi connectivity index (χ3v) is 5.84. The van der Waals surface area contributed by atoms with Gasteiger partial charge in [0.1, 0.15) is 12.0 Å². The molecule has 1 fully saturated rings. The Balaban J connectivity index is 1.75. The average Bonchev–Trinajstić information content (AvgIpc) is 3.18. The van der Waals surface area contributed by atoms with Crippen LogP contribution in [0, 0.1) is 0 Å². The number of rotatable bonds is 7. The van der Waals surface area contributed by atoms with Crippen LogP contribution in [-0.2, 0) is 4.79 Å². The third kappa shape index (κ3) is 5.05. The predicted octanol–water partition coefficient (Wildman–Crippen LogP) is 2.00. The van der Waals surface area contributed by atoms with Crippen LogP contribution in [0.5, 0.6) is 0 Å². The van der Waals surface area contributed by atoms with Gasteiger partial charge in [0, 0.05) is 43.9 Å². The summed E-state index contributed by atoms with van der Waals surface area (Å²) in [6.07, 6.45) is 8.04. The van der Waals surface area contributed by atoms with Gasteiger partial charge in [0.15, 0.2) is 11.6 Å². The van der Waals surface area contributed by atoms with Crippen LogP contribution in [0.4, 0.5) is 4.39 Å². The maximum atomic E-state index is 14.5. The summed E-state index contributed by atoms with van der Waals surface area (Å²) < 4.78 is 14.5. The van der Waals surface area contributed by atoms with Crippen LogP contribution in [0.25, 0.3) is 0 Å². The van der Waals surface area contributed by atoms with E-state index in [-0.39, 0.29) is 35.1 Å². The Bertz CT molecular complexity index is 805. The van der Waals surface area contributed by atoms with E-state index in [9.17, 15) is 9.18 Å². The molecule has 9 heteroatoms. The quantitative estimate of drug-likeness (QED) is 0.212. The van der Waals surface area contributed by atoms with Crippen molar-refractivity contribution in [2.24, 2.45) is 10.7 Å². The number of halogens is 2. The first-order valence-corrected chi connectivity index (χ1v) is 10.8. The minimum Gasteiger partial charge on any atom is -0.383 e. The van der Waals surface area contributed by atoms with E-state index in [1.165, 1.54) is 0 Å². The summed E-state index contributed by atoms with van der Waals surface area (Å²) in [5.41, 5.74) is 7.79. The highest BCUT2D eigenvalue weighted by molar-refractivity contribution is 6.22. The Kier molecular flexibility index (Phi) is 7.55. The van der Waals surface area contributed by atoms with E-state index in [2.05, 4.69) is 27.5 Å². The second-order valence-electron chi connectivity index (χ2n) is 7.57. The molecule has 0 aromatic rings. The van der Waals surface area contributed by atoms with Gasteiger partial charge in [0.05, 0.1) is 5.38 Å². The second kappa shape index (κ2) is 10.1. The van der Waals surface area contributed by atoms with Crippen molar-refractivity contribution in [3.63, 3.8) is 0 Å². The number of aliphatic imine (C=N–C) groups is 1. The summed E-state index contributed by atoms with van der Waals surface area (Å²) in [6, 6.07) is -0.00533. The van der Waals surface area contributed by atoms with E-state index >= 15 is 0 Å². The minimum atomic E-state index is -0.601. The maximum absolute atomic E-state index is 14.5. The molecule has 0 bridgehead atoms. The lowest BCUT2D eigenvalue weighted by Crippen LogP contribution is -2.48. The van der Waals surface area contributed by atoms with Crippen LogP contribution in [-0.4, -0.2) is 53.9 Å². The summed E-state index contributed by atoms with van der Waals surface area (Å²) in [4.78, 5) is 18.4. The van der Waals surface area contributed by atoms with Gasteiger partial charge in [-0.25, -0.2) is 9.38 Å². The molecule has 0 radical (unpaired) electrons. The second-order valence-corrected chi connectivity index (χ2v) is 8.13. The van der Waals surface area contributed by atoms with Crippen molar-refractivity contribution in [1.29, 1.82) is 0 Å². The van der Waals surface area contributed by atoms with Crippen molar-refractivity contribution in [2.45, 2.75) is 50.2 Å². The smallest absolute Gasteiger partial charge is 0.222 e. The van der Waals surface area contributed by atoms with Gasteiger partial charge in [-0.05, 0) is 30.9 Å². The maximum Gasteiger partial charge on any atom is 0.222 e. The van der Waals surface area contributed by atoms with Gasteiger partial charge < -0.3 is 21.3 Å². The Morgan fingerprint density at radius 3 is 3.07 bits per heavy atom. The first kappa shape index (κ1) is 22.4. The van der Waals surface area contributed by atoms with E-state index < -0.39 is 5.83 Å². The van der Waals surface area contributed by atoms with Crippen molar-refractivity contribution >= 4 is 23.3 Å². The monoisotopic (exact) mass is 436 g/mol. The van der Waals surface area contributed by atoms with Gasteiger partial charge >= 0.3 is 0 Å². The van der Waals surface area contributed by atoms with Crippen molar-refractivity contribution in [2.75, 3.05) is 19.6 Å².